The molecule has 192 valence electrons. The van der Waals surface area contributed by atoms with Gasteiger partial charge in [-0.05, 0) is 54.6 Å². The van der Waals surface area contributed by atoms with E-state index in [-0.39, 0.29) is 5.56 Å². The highest BCUT2D eigenvalue weighted by Gasteiger charge is 2.01. The molecule has 0 spiro atoms. The van der Waals surface area contributed by atoms with E-state index in [1.54, 1.807) is 60.7 Å². The minimum absolute atomic E-state index is 0.211. The van der Waals surface area contributed by atoms with Crippen molar-refractivity contribution in [2.45, 2.75) is 0 Å². The van der Waals surface area contributed by atoms with E-state index < -0.39 is 17.8 Å². The highest BCUT2D eigenvalue weighted by atomic mass is 19.1. The van der Waals surface area contributed by atoms with Crippen LogP contribution in [0.3, 0.4) is 0 Å². The third kappa shape index (κ3) is 9.64. The topological polar surface area (TPSA) is 71.1 Å². The minimum Gasteiger partial charge on any atom is -0.462 e. The molecule has 0 atom stereocenters. The Kier molecular flexibility index (Phi) is 10.5. The molecule has 0 saturated heterocycles. The van der Waals surface area contributed by atoms with Crippen LogP contribution >= 0.6 is 0 Å². The number of rotatable bonds is 8. The third-order valence-electron chi connectivity index (χ3n) is 4.55. The first-order valence-electron chi connectivity index (χ1n) is 11.3. The lowest BCUT2D eigenvalue weighted by Gasteiger charge is -2.01. The fourth-order valence-electron chi connectivity index (χ4n) is 2.77. The average Bonchev–Trinajstić information content (AvgIpc) is 2.96. The second-order valence-corrected chi connectivity index (χ2v) is 7.31. The molecular weight excluding hydrogens is 499 g/mol. The fraction of sp³-hybridized carbons (Fsp3) is 0. The van der Waals surface area contributed by atoms with E-state index in [1.807, 2.05) is 0 Å². The van der Waals surface area contributed by atoms with Crippen LogP contribution in [-0.4, -0.2) is 11.9 Å². The molecule has 0 aliphatic heterocycles. The summed E-state index contributed by atoms with van der Waals surface area (Å²) in [5, 5.41) is 0. The Balaban J connectivity index is 1.64. The predicted molar refractivity (Wildman–Crippen MR) is 143 cm³/mol. The molecule has 0 radical (unpaired) electrons. The zero-order valence-electron chi connectivity index (χ0n) is 20.6. The van der Waals surface area contributed by atoms with Crippen molar-refractivity contribution in [3.05, 3.63) is 145 Å². The Bertz CT molecular complexity index is 1560. The predicted octanol–water partition coefficient (Wildman–Crippen LogP) is 5.78. The molecular formula is C32H21FO6. The molecule has 3 rings (SSSR count). The molecule has 0 amide bonds. The van der Waals surface area contributed by atoms with Crippen molar-refractivity contribution in [1.29, 1.82) is 0 Å². The van der Waals surface area contributed by atoms with Gasteiger partial charge in [0.1, 0.15) is 42.4 Å². The second kappa shape index (κ2) is 14.7. The lowest BCUT2D eigenvalue weighted by atomic mass is 10.1. The zero-order valence-corrected chi connectivity index (χ0v) is 20.6. The van der Waals surface area contributed by atoms with E-state index in [9.17, 15) is 14.0 Å². The highest BCUT2D eigenvalue weighted by molar-refractivity contribution is 5.82. The van der Waals surface area contributed by atoms with Gasteiger partial charge in [0.05, 0.1) is 5.56 Å². The van der Waals surface area contributed by atoms with E-state index in [2.05, 4.69) is 46.3 Å². The van der Waals surface area contributed by atoms with E-state index in [0.29, 0.717) is 28.2 Å². The molecule has 0 aliphatic carbocycles. The molecule has 0 aliphatic rings. The summed E-state index contributed by atoms with van der Waals surface area (Å²) in [6.07, 6.45) is 6.68. The molecule has 39 heavy (non-hydrogen) atoms. The quantitative estimate of drug-likeness (QED) is 0.162. The van der Waals surface area contributed by atoms with Crippen LogP contribution in [0.1, 0.15) is 22.3 Å². The zero-order chi connectivity index (χ0) is 27.9. The first kappa shape index (κ1) is 27.8. The van der Waals surface area contributed by atoms with Crippen molar-refractivity contribution in [1.82, 2.24) is 0 Å². The van der Waals surface area contributed by atoms with Gasteiger partial charge in [0.25, 0.3) is 0 Å². The summed E-state index contributed by atoms with van der Waals surface area (Å²) >= 11 is 0. The first-order chi connectivity index (χ1) is 19.0. The number of carbonyl (C=O) groups excluding carboxylic acids is 2. The Hall–Kier alpha value is -5.79. The van der Waals surface area contributed by atoms with Crippen molar-refractivity contribution in [3.63, 3.8) is 0 Å². The van der Waals surface area contributed by atoms with Crippen LogP contribution in [0.5, 0.6) is 11.5 Å². The molecule has 0 bridgehead atoms. The lowest BCUT2D eigenvalue weighted by molar-refractivity contribution is -0.133. The van der Waals surface area contributed by atoms with Gasteiger partial charge in [-0.1, -0.05) is 49.0 Å². The monoisotopic (exact) mass is 520 g/mol. The normalized spacial score (nSPS) is 9.97. The molecule has 3 aromatic rings. The summed E-state index contributed by atoms with van der Waals surface area (Å²) in [6.45, 7) is 6.58. The van der Waals surface area contributed by atoms with E-state index in [4.69, 9.17) is 9.47 Å². The number of benzene rings is 3. The van der Waals surface area contributed by atoms with Crippen molar-refractivity contribution in [3.8, 4) is 35.2 Å². The molecule has 0 heterocycles. The van der Waals surface area contributed by atoms with Crippen LogP contribution in [0.25, 0.3) is 0 Å². The number of esters is 2. The lowest BCUT2D eigenvalue weighted by Crippen LogP contribution is -1.93. The largest absolute Gasteiger partial charge is 0.462 e. The van der Waals surface area contributed by atoms with Crippen LogP contribution < -0.4 is 9.47 Å². The van der Waals surface area contributed by atoms with Crippen LogP contribution in [0.4, 0.5) is 4.39 Å². The summed E-state index contributed by atoms with van der Waals surface area (Å²) in [5.74, 6) is 10.8. The minimum atomic E-state index is -0.604. The van der Waals surface area contributed by atoms with Gasteiger partial charge in [-0.3, -0.25) is 0 Å². The SMILES string of the molecule is C=CC(=O)O/C=C\Oc1cccc(C#Cc2ccc(C#Cc3cccc(O/C=C\OC(=O)C=C)c3)c(F)c2)c1. The van der Waals surface area contributed by atoms with Gasteiger partial charge in [-0.2, -0.15) is 0 Å². The smallest absolute Gasteiger partial charge is 0.335 e. The molecule has 0 fully saturated rings. The van der Waals surface area contributed by atoms with Crippen LogP contribution in [-0.2, 0) is 19.1 Å². The van der Waals surface area contributed by atoms with E-state index in [0.717, 1.165) is 24.7 Å². The number of halogens is 1. The van der Waals surface area contributed by atoms with Gasteiger partial charge in [-0.25, -0.2) is 14.0 Å². The van der Waals surface area contributed by atoms with Crippen molar-refractivity contribution in [2.75, 3.05) is 0 Å². The molecule has 7 heteroatoms. The Morgan fingerprint density at radius 2 is 1.13 bits per heavy atom. The van der Waals surface area contributed by atoms with E-state index >= 15 is 0 Å². The Morgan fingerprint density at radius 3 is 1.62 bits per heavy atom. The first-order valence-corrected chi connectivity index (χ1v) is 11.3. The van der Waals surface area contributed by atoms with Crippen LogP contribution in [0.15, 0.2) is 117 Å². The fourth-order valence-corrected chi connectivity index (χ4v) is 2.77. The summed E-state index contributed by atoms with van der Waals surface area (Å²) < 4.78 is 34.8. The molecule has 3 aromatic carbocycles. The van der Waals surface area contributed by atoms with Crippen molar-refractivity contribution < 1.29 is 32.9 Å². The van der Waals surface area contributed by atoms with Gasteiger partial charge in [0.2, 0.25) is 0 Å². The van der Waals surface area contributed by atoms with Gasteiger partial charge in [0.15, 0.2) is 0 Å². The van der Waals surface area contributed by atoms with Crippen molar-refractivity contribution >= 4 is 11.9 Å². The number of ether oxygens (including phenoxy) is 4. The maximum absolute atomic E-state index is 14.7. The van der Waals surface area contributed by atoms with E-state index in [1.165, 1.54) is 18.6 Å². The summed E-state index contributed by atoms with van der Waals surface area (Å²) in [4.78, 5) is 22.0. The maximum atomic E-state index is 14.7. The highest BCUT2D eigenvalue weighted by Crippen LogP contribution is 2.15. The third-order valence-corrected chi connectivity index (χ3v) is 4.55. The summed E-state index contributed by atoms with van der Waals surface area (Å²) in [5.41, 5.74) is 1.93. The summed E-state index contributed by atoms with van der Waals surface area (Å²) in [6, 6.07) is 18.3. The summed E-state index contributed by atoms with van der Waals surface area (Å²) in [7, 11) is 0. The number of hydrogen-bond donors (Lipinski definition) is 0. The molecule has 0 N–H and O–H groups in total. The van der Waals surface area contributed by atoms with Gasteiger partial charge in [-0.15, -0.1) is 0 Å². The maximum Gasteiger partial charge on any atom is 0.335 e. The van der Waals surface area contributed by atoms with Gasteiger partial charge >= 0.3 is 11.9 Å². The molecule has 0 saturated carbocycles. The second-order valence-electron chi connectivity index (χ2n) is 7.31. The van der Waals surface area contributed by atoms with Gasteiger partial charge < -0.3 is 18.9 Å². The molecule has 0 aromatic heterocycles. The van der Waals surface area contributed by atoms with Crippen LogP contribution in [0, 0.1) is 29.5 Å². The Labute approximate surface area is 225 Å². The molecule has 6 nitrogen and oxygen atoms in total. The molecule has 0 unspecified atom stereocenters. The van der Waals surface area contributed by atoms with Crippen molar-refractivity contribution in [2.24, 2.45) is 0 Å². The van der Waals surface area contributed by atoms with Gasteiger partial charge in [0, 0.05) is 28.8 Å². The average molecular weight is 521 g/mol. The number of hydrogen-bond acceptors (Lipinski definition) is 6. The standard InChI is InChI=1S/C32H21FO6/c1-3-31(34)38-19-17-36-28-9-5-7-24(21-28)11-12-26-14-16-27(30(33)23-26)15-13-25-8-6-10-29(22-25)37-18-20-39-32(35)4-2/h3-10,14,16-23H,1-2H2/b19-17-,20-18-. The van der Waals surface area contributed by atoms with Crippen LogP contribution in [0.2, 0.25) is 0 Å². The Morgan fingerprint density at radius 1 is 0.641 bits per heavy atom. The number of carbonyl (C=O) groups is 2.